The number of amides is 1. The first-order valence-electron chi connectivity index (χ1n) is 7.97. The molecule has 1 saturated heterocycles. The third-order valence-electron chi connectivity index (χ3n) is 4.77. The van der Waals surface area contributed by atoms with E-state index in [9.17, 15) is 9.90 Å². The monoisotopic (exact) mass is 288 g/mol. The van der Waals surface area contributed by atoms with E-state index in [0.717, 1.165) is 25.9 Å². The number of nitrogens with zero attached hydrogens (tertiary/aromatic N) is 1. The predicted octanol–water partition coefficient (Wildman–Crippen LogP) is 2.18. The zero-order valence-corrected chi connectivity index (χ0v) is 12.5. The molecule has 1 aliphatic heterocycles. The van der Waals surface area contributed by atoms with E-state index in [1.54, 1.807) is 0 Å². The van der Waals surface area contributed by atoms with Gasteiger partial charge in [0.05, 0.1) is 6.61 Å². The molecule has 2 fully saturated rings. The van der Waals surface area contributed by atoms with Gasteiger partial charge >= 0.3 is 0 Å². The summed E-state index contributed by atoms with van der Waals surface area (Å²) in [7, 11) is 0. The van der Waals surface area contributed by atoms with Crippen LogP contribution in [0, 0.1) is 5.41 Å². The number of anilines is 1. The molecular formula is C17H24N2O2. The maximum atomic E-state index is 12.1. The van der Waals surface area contributed by atoms with Crippen LogP contribution in [0.2, 0.25) is 0 Å². The Kier molecular flexibility index (Phi) is 4.15. The number of carbonyl (C=O) groups is 1. The molecule has 21 heavy (non-hydrogen) atoms. The maximum Gasteiger partial charge on any atom is 0.251 e. The molecule has 1 aromatic carbocycles. The molecule has 1 heterocycles. The molecule has 114 valence electrons. The van der Waals surface area contributed by atoms with Gasteiger partial charge in [-0.1, -0.05) is 0 Å². The SMILES string of the molecule is O=C(NCC1(CO)CC1)c1ccc(N2CCCCC2)cc1. The summed E-state index contributed by atoms with van der Waals surface area (Å²) >= 11 is 0. The van der Waals surface area contributed by atoms with E-state index in [4.69, 9.17) is 0 Å². The number of aliphatic hydroxyl groups is 1. The Morgan fingerprint density at radius 1 is 1.14 bits per heavy atom. The quantitative estimate of drug-likeness (QED) is 0.873. The standard InChI is InChI=1S/C17H24N2O2/c20-13-17(8-9-17)12-18-16(21)14-4-6-15(7-5-14)19-10-2-1-3-11-19/h4-7,20H,1-3,8-13H2,(H,18,21). The van der Waals surface area contributed by atoms with Crippen molar-refractivity contribution in [3.05, 3.63) is 29.8 Å². The summed E-state index contributed by atoms with van der Waals surface area (Å²) in [5, 5.41) is 12.2. The lowest BCUT2D eigenvalue weighted by Crippen LogP contribution is -2.32. The molecule has 3 rings (SSSR count). The normalized spacial score (nSPS) is 20.1. The molecule has 0 unspecified atom stereocenters. The van der Waals surface area contributed by atoms with Crippen molar-refractivity contribution >= 4 is 11.6 Å². The molecule has 4 nitrogen and oxygen atoms in total. The summed E-state index contributed by atoms with van der Waals surface area (Å²) in [4.78, 5) is 14.5. The second-order valence-electron chi connectivity index (χ2n) is 6.44. The second-order valence-corrected chi connectivity index (χ2v) is 6.44. The highest BCUT2D eigenvalue weighted by molar-refractivity contribution is 5.94. The van der Waals surface area contributed by atoms with Crippen LogP contribution in [0.1, 0.15) is 42.5 Å². The van der Waals surface area contributed by atoms with E-state index in [0.29, 0.717) is 12.1 Å². The van der Waals surface area contributed by atoms with Gasteiger partial charge in [-0.05, 0) is 56.4 Å². The van der Waals surface area contributed by atoms with Gasteiger partial charge in [0.25, 0.3) is 5.91 Å². The van der Waals surface area contributed by atoms with Gasteiger partial charge in [0, 0.05) is 36.3 Å². The molecular weight excluding hydrogens is 264 g/mol. The van der Waals surface area contributed by atoms with Gasteiger partial charge in [0.1, 0.15) is 0 Å². The van der Waals surface area contributed by atoms with E-state index in [-0.39, 0.29) is 17.9 Å². The van der Waals surface area contributed by atoms with Crippen LogP contribution in [0.5, 0.6) is 0 Å². The number of benzene rings is 1. The Morgan fingerprint density at radius 2 is 1.81 bits per heavy atom. The van der Waals surface area contributed by atoms with Crippen molar-refractivity contribution in [2.75, 3.05) is 31.1 Å². The van der Waals surface area contributed by atoms with Crippen LogP contribution < -0.4 is 10.2 Å². The van der Waals surface area contributed by atoms with Gasteiger partial charge in [-0.2, -0.15) is 0 Å². The fourth-order valence-electron chi connectivity index (χ4n) is 2.91. The number of hydrogen-bond donors (Lipinski definition) is 2. The van der Waals surface area contributed by atoms with Crippen LogP contribution in [0.25, 0.3) is 0 Å². The van der Waals surface area contributed by atoms with Crippen molar-refractivity contribution in [3.8, 4) is 0 Å². The van der Waals surface area contributed by atoms with E-state index in [2.05, 4.69) is 10.2 Å². The Hall–Kier alpha value is -1.55. The molecule has 1 saturated carbocycles. The Balaban J connectivity index is 1.56. The van der Waals surface area contributed by atoms with E-state index in [1.165, 1.54) is 24.9 Å². The molecule has 1 amide bonds. The van der Waals surface area contributed by atoms with Crippen molar-refractivity contribution in [1.29, 1.82) is 0 Å². The van der Waals surface area contributed by atoms with Gasteiger partial charge in [0.15, 0.2) is 0 Å². The first-order valence-corrected chi connectivity index (χ1v) is 7.97. The molecule has 2 N–H and O–H groups in total. The van der Waals surface area contributed by atoms with Crippen LogP contribution in [-0.4, -0.2) is 37.3 Å². The van der Waals surface area contributed by atoms with Gasteiger partial charge in [-0.15, -0.1) is 0 Å². The van der Waals surface area contributed by atoms with E-state index < -0.39 is 0 Å². The number of aliphatic hydroxyl groups excluding tert-OH is 1. The van der Waals surface area contributed by atoms with Crippen LogP contribution in [-0.2, 0) is 0 Å². The average Bonchev–Trinajstić information content (AvgIpc) is 3.34. The Morgan fingerprint density at radius 3 is 2.38 bits per heavy atom. The van der Waals surface area contributed by atoms with Crippen LogP contribution in [0.3, 0.4) is 0 Å². The van der Waals surface area contributed by atoms with Crippen molar-refractivity contribution < 1.29 is 9.90 Å². The van der Waals surface area contributed by atoms with Gasteiger partial charge in [0.2, 0.25) is 0 Å². The molecule has 0 spiro atoms. The third kappa shape index (κ3) is 3.38. The lowest BCUT2D eigenvalue weighted by atomic mass is 10.1. The fourth-order valence-corrected chi connectivity index (χ4v) is 2.91. The molecule has 1 aromatic rings. The maximum absolute atomic E-state index is 12.1. The largest absolute Gasteiger partial charge is 0.396 e. The summed E-state index contributed by atoms with van der Waals surface area (Å²) in [6.07, 6.45) is 5.86. The summed E-state index contributed by atoms with van der Waals surface area (Å²) in [5.74, 6) is -0.0417. The average molecular weight is 288 g/mol. The van der Waals surface area contributed by atoms with Crippen LogP contribution in [0.4, 0.5) is 5.69 Å². The highest BCUT2D eigenvalue weighted by Gasteiger charge is 2.42. The number of carbonyl (C=O) groups excluding carboxylic acids is 1. The smallest absolute Gasteiger partial charge is 0.251 e. The molecule has 0 aromatic heterocycles. The van der Waals surface area contributed by atoms with Crippen LogP contribution in [0.15, 0.2) is 24.3 Å². The van der Waals surface area contributed by atoms with Crippen molar-refractivity contribution in [1.82, 2.24) is 5.32 Å². The number of nitrogens with one attached hydrogen (secondary N) is 1. The molecule has 0 radical (unpaired) electrons. The first-order chi connectivity index (χ1) is 10.2. The van der Waals surface area contributed by atoms with E-state index >= 15 is 0 Å². The predicted molar refractivity (Wildman–Crippen MR) is 83.6 cm³/mol. The summed E-state index contributed by atoms with van der Waals surface area (Å²) in [6, 6.07) is 7.88. The summed E-state index contributed by atoms with van der Waals surface area (Å²) in [6.45, 7) is 2.98. The minimum Gasteiger partial charge on any atom is -0.396 e. The third-order valence-corrected chi connectivity index (χ3v) is 4.77. The number of hydrogen-bond acceptors (Lipinski definition) is 3. The Bertz CT molecular complexity index is 488. The highest BCUT2D eigenvalue weighted by atomic mass is 16.3. The lowest BCUT2D eigenvalue weighted by molar-refractivity contribution is 0.0935. The highest BCUT2D eigenvalue weighted by Crippen LogP contribution is 2.44. The molecule has 2 aliphatic rings. The Labute approximate surface area is 126 Å². The van der Waals surface area contributed by atoms with Crippen molar-refractivity contribution in [2.24, 2.45) is 5.41 Å². The lowest BCUT2D eigenvalue weighted by Gasteiger charge is -2.28. The fraction of sp³-hybridized carbons (Fsp3) is 0.588. The second kappa shape index (κ2) is 6.06. The zero-order chi connectivity index (χ0) is 14.7. The van der Waals surface area contributed by atoms with Crippen molar-refractivity contribution in [2.45, 2.75) is 32.1 Å². The minimum atomic E-state index is -0.0417. The number of piperidine rings is 1. The number of rotatable bonds is 5. The molecule has 4 heteroatoms. The van der Waals surface area contributed by atoms with Crippen LogP contribution >= 0.6 is 0 Å². The summed E-state index contributed by atoms with van der Waals surface area (Å²) in [5.41, 5.74) is 1.87. The topological polar surface area (TPSA) is 52.6 Å². The van der Waals surface area contributed by atoms with Crippen molar-refractivity contribution in [3.63, 3.8) is 0 Å². The van der Waals surface area contributed by atoms with Gasteiger partial charge in [-0.25, -0.2) is 0 Å². The van der Waals surface area contributed by atoms with Gasteiger partial charge in [-0.3, -0.25) is 4.79 Å². The van der Waals surface area contributed by atoms with Gasteiger partial charge < -0.3 is 15.3 Å². The van der Waals surface area contributed by atoms with E-state index in [1.807, 2.05) is 24.3 Å². The molecule has 0 bridgehead atoms. The molecule has 0 atom stereocenters. The summed E-state index contributed by atoms with van der Waals surface area (Å²) < 4.78 is 0. The first kappa shape index (κ1) is 14.4. The minimum absolute atomic E-state index is 0.0383. The molecule has 1 aliphatic carbocycles. The zero-order valence-electron chi connectivity index (χ0n) is 12.5.